The van der Waals surface area contributed by atoms with E-state index in [2.05, 4.69) is 23.9 Å². The highest BCUT2D eigenvalue weighted by Crippen LogP contribution is 2.02. The minimum Gasteiger partial charge on any atom is -0.469 e. The molecule has 15 heavy (non-hydrogen) atoms. The Hall–Kier alpha value is -0.220. The summed E-state index contributed by atoms with van der Waals surface area (Å²) in [7, 11) is 1.43. The Morgan fingerprint density at radius 2 is 2.20 bits per heavy atom. The van der Waals surface area contributed by atoms with Gasteiger partial charge in [-0.1, -0.05) is 20.3 Å². The lowest BCUT2D eigenvalue weighted by Crippen LogP contribution is -2.23. The molecule has 1 N–H and O–H groups in total. The van der Waals surface area contributed by atoms with Crippen LogP contribution in [0, 0.1) is 5.92 Å². The summed E-state index contributed by atoms with van der Waals surface area (Å²) in [5, 5.41) is 3.40. The monoisotopic (exact) mass is 233 g/mol. The summed E-state index contributed by atoms with van der Waals surface area (Å²) in [6.45, 7) is 6.57. The summed E-state index contributed by atoms with van der Waals surface area (Å²) >= 11 is 1.79. The third kappa shape index (κ3) is 10.1. The van der Waals surface area contributed by atoms with Crippen LogP contribution in [0.15, 0.2) is 0 Å². The van der Waals surface area contributed by atoms with Gasteiger partial charge in [0, 0.05) is 18.1 Å². The van der Waals surface area contributed by atoms with E-state index in [1.54, 1.807) is 11.8 Å². The number of hydrogen-bond donors (Lipinski definition) is 1. The van der Waals surface area contributed by atoms with E-state index in [4.69, 9.17) is 0 Å². The number of esters is 1. The molecule has 0 aliphatic rings. The van der Waals surface area contributed by atoms with Crippen molar-refractivity contribution in [3.05, 3.63) is 0 Å². The first-order valence-electron chi connectivity index (χ1n) is 5.56. The smallest absolute Gasteiger partial charge is 0.306 e. The summed E-state index contributed by atoms with van der Waals surface area (Å²) in [6, 6.07) is 0. The number of thioether (sulfide) groups is 1. The van der Waals surface area contributed by atoms with Crippen molar-refractivity contribution in [1.29, 1.82) is 0 Å². The van der Waals surface area contributed by atoms with Crippen molar-refractivity contribution in [2.75, 3.05) is 31.7 Å². The zero-order chi connectivity index (χ0) is 11.5. The fourth-order valence-corrected chi connectivity index (χ4v) is 1.80. The molecule has 0 rings (SSSR count). The van der Waals surface area contributed by atoms with Crippen LogP contribution in [0.3, 0.4) is 0 Å². The number of rotatable bonds is 9. The number of nitrogens with one attached hydrogen (secondary N) is 1. The predicted octanol–water partition coefficient (Wildman–Crippen LogP) is 1.92. The molecule has 3 nitrogen and oxygen atoms in total. The second-order valence-electron chi connectivity index (χ2n) is 3.66. The lowest BCUT2D eigenvalue weighted by molar-refractivity contribution is -0.140. The van der Waals surface area contributed by atoms with Crippen molar-refractivity contribution in [3.63, 3.8) is 0 Å². The van der Waals surface area contributed by atoms with Gasteiger partial charge in [0.2, 0.25) is 0 Å². The highest BCUT2D eigenvalue weighted by Gasteiger charge is 2.00. The van der Waals surface area contributed by atoms with Crippen LogP contribution in [0.1, 0.15) is 26.7 Å². The van der Waals surface area contributed by atoms with E-state index in [1.807, 2.05) is 0 Å². The molecule has 4 heteroatoms. The largest absolute Gasteiger partial charge is 0.469 e. The first-order chi connectivity index (χ1) is 7.20. The van der Waals surface area contributed by atoms with Crippen LogP contribution in [0.4, 0.5) is 0 Å². The zero-order valence-corrected chi connectivity index (χ0v) is 10.9. The fraction of sp³-hybridized carbons (Fsp3) is 0.909. The van der Waals surface area contributed by atoms with Crippen molar-refractivity contribution in [1.82, 2.24) is 5.32 Å². The van der Waals surface area contributed by atoms with Gasteiger partial charge < -0.3 is 10.1 Å². The van der Waals surface area contributed by atoms with Crippen LogP contribution in [-0.2, 0) is 9.53 Å². The Labute approximate surface area is 97.3 Å². The standard InChI is InChI=1S/C11H23NO2S/c1-4-10(2)9-12-6-8-15-7-5-11(13)14-3/h10,12H,4-9H2,1-3H3. The maximum Gasteiger partial charge on any atom is 0.306 e. The molecule has 90 valence electrons. The van der Waals surface area contributed by atoms with Crippen molar-refractivity contribution in [2.45, 2.75) is 26.7 Å². The van der Waals surface area contributed by atoms with Gasteiger partial charge in [0.15, 0.2) is 0 Å². The van der Waals surface area contributed by atoms with Crippen LogP contribution in [0.2, 0.25) is 0 Å². The predicted molar refractivity (Wildman–Crippen MR) is 66.3 cm³/mol. The van der Waals surface area contributed by atoms with E-state index >= 15 is 0 Å². The van der Waals surface area contributed by atoms with Crippen molar-refractivity contribution >= 4 is 17.7 Å². The van der Waals surface area contributed by atoms with E-state index in [1.165, 1.54) is 13.5 Å². The zero-order valence-electron chi connectivity index (χ0n) is 10.0. The Kier molecular flexibility index (Phi) is 10.2. The molecule has 0 aromatic rings. The maximum atomic E-state index is 10.8. The molecule has 0 saturated carbocycles. The van der Waals surface area contributed by atoms with Crippen molar-refractivity contribution in [3.8, 4) is 0 Å². The average Bonchev–Trinajstić information content (AvgIpc) is 2.26. The van der Waals surface area contributed by atoms with Gasteiger partial charge in [0.1, 0.15) is 0 Å². The summed E-state index contributed by atoms with van der Waals surface area (Å²) in [6.07, 6.45) is 1.75. The number of carbonyl (C=O) groups excluding carboxylic acids is 1. The molecule has 0 aromatic heterocycles. The van der Waals surface area contributed by atoms with Crippen LogP contribution in [0.5, 0.6) is 0 Å². The molecule has 0 aliphatic carbocycles. The Morgan fingerprint density at radius 1 is 1.47 bits per heavy atom. The number of hydrogen-bond acceptors (Lipinski definition) is 4. The highest BCUT2D eigenvalue weighted by molar-refractivity contribution is 7.99. The first kappa shape index (κ1) is 14.8. The van der Waals surface area contributed by atoms with E-state index in [0.29, 0.717) is 6.42 Å². The molecule has 0 aliphatic heterocycles. The third-order valence-corrected chi connectivity index (χ3v) is 3.28. The van der Waals surface area contributed by atoms with Gasteiger partial charge in [-0.3, -0.25) is 4.79 Å². The molecule has 1 atom stereocenters. The molecule has 0 amide bonds. The summed E-state index contributed by atoms with van der Waals surface area (Å²) in [5.74, 6) is 2.56. The Morgan fingerprint density at radius 3 is 2.80 bits per heavy atom. The Balaban J connectivity index is 3.08. The van der Waals surface area contributed by atoms with E-state index in [0.717, 1.165) is 30.5 Å². The van der Waals surface area contributed by atoms with Gasteiger partial charge in [-0.05, 0) is 12.5 Å². The van der Waals surface area contributed by atoms with E-state index in [9.17, 15) is 4.79 Å². The van der Waals surface area contributed by atoms with Crippen LogP contribution < -0.4 is 5.32 Å². The van der Waals surface area contributed by atoms with Crippen molar-refractivity contribution < 1.29 is 9.53 Å². The maximum absolute atomic E-state index is 10.8. The molecule has 0 fully saturated rings. The van der Waals surface area contributed by atoms with Crippen LogP contribution in [-0.4, -0.2) is 37.7 Å². The highest BCUT2D eigenvalue weighted by atomic mass is 32.2. The van der Waals surface area contributed by atoms with Crippen LogP contribution >= 0.6 is 11.8 Å². The van der Waals surface area contributed by atoms with Gasteiger partial charge in [-0.15, -0.1) is 0 Å². The SMILES string of the molecule is CCC(C)CNCCSCCC(=O)OC. The molecule has 0 heterocycles. The molecule has 0 bridgehead atoms. The lowest BCUT2D eigenvalue weighted by Gasteiger charge is -2.09. The number of carbonyl (C=O) groups is 1. The first-order valence-corrected chi connectivity index (χ1v) is 6.71. The number of methoxy groups -OCH3 is 1. The summed E-state index contributed by atoms with van der Waals surface area (Å²) < 4.78 is 4.56. The van der Waals surface area contributed by atoms with Crippen LogP contribution in [0.25, 0.3) is 0 Å². The minimum atomic E-state index is -0.116. The van der Waals surface area contributed by atoms with Gasteiger partial charge in [-0.25, -0.2) is 0 Å². The third-order valence-electron chi connectivity index (χ3n) is 2.29. The van der Waals surface area contributed by atoms with Gasteiger partial charge in [0.05, 0.1) is 13.5 Å². The normalized spacial score (nSPS) is 12.5. The second kappa shape index (κ2) is 10.3. The molecule has 1 unspecified atom stereocenters. The summed E-state index contributed by atoms with van der Waals surface area (Å²) in [5.41, 5.74) is 0. The van der Waals surface area contributed by atoms with Gasteiger partial charge >= 0.3 is 5.97 Å². The van der Waals surface area contributed by atoms with E-state index < -0.39 is 0 Å². The lowest BCUT2D eigenvalue weighted by atomic mass is 10.1. The fourth-order valence-electron chi connectivity index (χ4n) is 0.997. The van der Waals surface area contributed by atoms with E-state index in [-0.39, 0.29) is 5.97 Å². The molecule has 0 spiro atoms. The summed E-state index contributed by atoms with van der Waals surface area (Å²) in [4.78, 5) is 10.8. The van der Waals surface area contributed by atoms with Gasteiger partial charge in [0.25, 0.3) is 0 Å². The molecule has 0 radical (unpaired) electrons. The molecule has 0 aromatic carbocycles. The molecular formula is C11H23NO2S. The van der Waals surface area contributed by atoms with Gasteiger partial charge in [-0.2, -0.15) is 11.8 Å². The minimum absolute atomic E-state index is 0.116. The average molecular weight is 233 g/mol. The Bertz CT molecular complexity index is 165. The second-order valence-corrected chi connectivity index (χ2v) is 4.88. The molecule has 0 saturated heterocycles. The number of ether oxygens (including phenoxy) is 1. The molecular weight excluding hydrogens is 210 g/mol. The van der Waals surface area contributed by atoms with Crippen molar-refractivity contribution in [2.24, 2.45) is 5.92 Å². The topological polar surface area (TPSA) is 38.3 Å². The quantitative estimate of drug-likeness (QED) is 0.488.